The second-order valence-corrected chi connectivity index (χ2v) is 12.8. The van der Waals surface area contributed by atoms with Gasteiger partial charge in [-0.3, -0.25) is 13.9 Å². The molecule has 0 aliphatic rings. The van der Waals surface area contributed by atoms with Gasteiger partial charge in [0.1, 0.15) is 12.6 Å². The third-order valence-corrected chi connectivity index (χ3v) is 9.13. The van der Waals surface area contributed by atoms with Crippen LogP contribution in [-0.2, 0) is 26.2 Å². The van der Waals surface area contributed by atoms with E-state index in [1.165, 1.54) is 35.2 Å². The fourth-order valence-electron chi connectivity index (χ4n) is 4.29. The lowest BCUT2D eigenvalue weighted by Gasteiger charge is -2.33. The number of rotatable bonds is 13. The van der Waals surface area contributed by atoms with Gasteiger partial charge in [0, 0.05) is 28.2 Å². The molecular formula is C30H34Cl3N3O4S. The van der Waals surface area contributed by atoms with Crippen LogP contribution in [0.3, 0.4) is 0 Å². The highest BCUT2D eigenvalue weighted by atomic mass is 35.5. The van der Waals surface area contributed by atoms with Gasteiger partial charge in [-0.25, -0.2) is 8.42 Å². The van der Waals surface area contributed by atoms with E-state index < -0.39 is 28.5 Å². The topological polar surface area (TPSA) is 86.8 Å². The molecule has 3 aromatic rings. The predicted octanol–water partition coefficient (Wildman–Crippen LogP) is 6.87. The van der Waals surface area contributed by atoms with Gasteiger partial charge in [0.15, 0.2) is 0 Å². The van der Waals surface area contributed by atoms with Crippen LogP contribution in [0.4, 0.5) is 5.69 Å². The largest absolute Gasteiger partial charge is 0.354 e. The Morgan fingerprint density at radius 2 is 1.56 bits per heavy atom. The first-order valence-electron chi connectivity index (χ1n) is 13.3. The zero-order chi connectivity index (χ0) is 30.2. The van der Waals surface area contributed by atoms with Gasteiger partial charge in [0.05, 0.1) is 10.6 Å². The van der Waals surface area contributed by atoms with Gasteiger partial charge in [-0.05, 0) is 61.7 Å². The summed E-state index contributed by atoms with van der Waals surface area (Å²) in [6, 6.07) is 16.8. The van der Waals surface area contributed by atoms with E-state index >= 15 is 0 Å². The van der Waals surface area contributed by atoms with Crippen molar-refractivity contribution in [1.29, 1.82) is 0 Å². The molecule has 11 heteroatoms. The molecule has 7 nitrogen and oxygen atoms in total. The smallest absolute Gasteiger partial charge is 0.264 e. The Bertz CT molecular complexity index is 1450. The molecule has 0 bridgehead atoms. The Labute approximate surface area is 257 Å². The lowest BCUT2D eigenvalue weighted by Crippen LogP contribution is -2.52. The minimum atomic E-state index is -4.24. The van der Waals surface area contributed by atoms with E-state index in [0.29, 0.717) is 23.6 Å². The maximum absolute atomic E-state index is 14.1. The lowest BCUT2D eigenvalue weighted by atomic mass is 10.1. The SMILES string of the molecule is CCCCNC(=O)[C@H](CC)N(Cc1ccccc1Cl)C(=O)CN(c1cc(Cl)cc(Cl)c1)S(=O)(=O)c1ccc(C)cc1. The Kier molecular flexibility index (Phi) is 11.9. The lowest BCUT2D eigenvalue weighted by molar-refractivity contribution is -0.140. The van der Waals surface area contributed by atoms with Crippen LogP contribution in [0.5, 0.6) is 0 Å². The molecule has 41 heavy (non-hydrogen) atoms. The van der Waals surface area contributed by atoms with Crippen LogP contribution in [0.1, 0.15) is 44.2 Å². The number of amides is 2. The summed E-state index contributed by atoms with van der Waals surface area (Å²) in [6.07, 6.45) is 1.99. The normalized spacial score (nSPS) is 12.0. The Morgan fingerprint density at radius 1 is 0.927 bits per heavy atom. The summed E-state index contributed by atoms with van der Waals surface area (Å²) in [7, 11) is -4.24. The van der Waals surface area contributed by atoms with Gasteiger partial charge in [-0.1, -0.05) is 91.0 Å². The summed E-state index contributed by atoms with van der Waals surface area (Å²) in [5.41, 5.74) is 1.62. The quantitative estimate of drug-likeness (QED) is 0.207. The average molecular weight is 639 g/mol. The van der Waals surface area contributed by atoms with Crippen molar-refractivity contribution in [2.45, 2.75) is 57.5 Å². The van der Waals surface area contributed by atoms with E-state index in [-0.39, 0.29) is 33.1 Å². The summed E-state index contributed by atoms with van der Waals surface area (Å²) >= 11 is 18.9. The van der Waals surface area contributed by atoms with Crippen molar-refractivity contribution >= 4 is 62.3 Å². The van der Waals surface area contributed by atoms with Crippen LogP contribution < -0.4 is 9.62 Å². The maximum atomic E-state index is 14.1. The highest BCUT2D eigenvalue weighted by Crippen LogP contribution is 2.30. The van der Waals surface area contributed by atoms with E-state index in [1.54, 1.807) is 43.3 Å². The van der Waals surface area contributed by atoms with Crippen LogP contribution in [0.25, 0.3) is 0 Å². The summed E-state index contributed by atoms with van der Waals surface area (Å²) in [5.74, 6) is -0.908. The number of benzene rings is 3. The first-order valence-corrected chi connectivity index (χ1v) is 15.9. The molecule has 0 aliphatic carbocycles. The molecule has 0 radical (unpaired) electrons. The van der Waals surface area contributed by atoms with Gasteiger partial charge in [0.25, 0.3) is 10.0 Å². The Morgan fingerprint density at radius 3 is 2.15 bits per heavy atom. The highest BCUT2D eigenvalue weighted by molar-refractivity contribution is 7.92. The monoisotopic (exact) mass is 637 g/mol. The third kappa shape index (κ3) is 8.61. The number of aryl methyl sites for hydroxylation is 1. The number of hydrogen-bond donors (Lipinski definition) is 1. The van der Waals surface area contributed by atoms with Crippen molar-refractivity contribution in [2.75, 3.05) is 17.4 Å². The van der Waals surface area contributed by atoms with Gasteiger partial charge in [0.2, 0.25) is 11.8 Å². The standard InChI is InChI=1S/C30H34Cl3N3O4S/c1-4-6-15-34-30(38)28(5-2)35(19-22-9-7-8-10-27(22)33)29(37)20-36(25-17-23(31)16-24(32)18-25)41(39,40)26-13-11-21(3)12-14-26/h7-14,16-18,28H,4-6,15,19-20H2,1-3H3,(H,34,38)/t28-/m0/s1. The molecule has 0 fully saturated rings. The molecule has 0 spiro atoms. The third-order valence-electron chi connectivity index (χ3n) is 6.54. The molecule has 0 heterocycles. The highest BCUT2D eigenvalue weighted by Gasteiger charge is 2.34. The van der Waals surface area contributed by atoms with E-state index in [0.717, 1.165) is 22.7 Å². The summed E-state index contributed by atoms with van der Waals surface area (Å²) in [5, 5.41) is 3.74. The number of carbonyl (C=O) groups is 2. The molecule has 3 rings (SSSR count). The summed E-state index contributed by atoms with van der Waals surface area (Å²) < 4.78 is 28.9. The number of nitrogens with one attached hydrogen (secondary N) is 1. The van der Waals surface area contributed by atoms with Crippen molar-refractivity contribution in [2.24, 2.45) is 0 Å². The fourth-order valence-corrected chi connectivity index (χ4v) is 6.39. The predicted molar refractivity (Wildman–Crippen MR) is 166 cm³/mol. The average Bonchev–Trinajstić information content (AvgIpc) is 2.92. The van der Waals surface area contributed by atoms with Crippen LogP contribution in [-0.4, -0.2) is 44.3 Å². The molecular weight excluding hydrogens is 605 g/mol. The summed E-state index contributed by atoms with van der Waals surface area (Å²) in [4.78, 5) is 28.7. The molecule has 1 N–H and O–H groups in total. The number of anilines is 1. The van der Waals surface area contributed by atoms with E-state index in [9.17, 15) is 18.0 Å². The van der Waals surface area contributed by atoms with Gasteiger partial charge in [-0.15, -0.1) is 0 Å². The second-order valence-electron chi connectivity index (χ2n) is 9.63. The summed E-state index contributed by atoms with van der Waals surface area (Å²) in [6.45, 7) is 5.53. The van der Waals surface area contributed by atoms with Crippen molar-refractivity contribution in [3.8, 4) is 0 Å². The molecule has 220 valence electrons. The number of nitrogens with zero attached hydrogens (tertiary/aromatic N) is 2. The minimum Gasteiger partial charge on any atom is -0.354 e. The molecule has 3 aromatic carbocycles. The van der Waals surface area contributed by atoms with Crippen molar-refractivity contribution < 1.29 is 18.0 Å². The van der Waals surface area contributed by atoms with Crippen molar-refractivity contribution in [3.63, 3.8) is 0 Å². The number of unbranched alkanes of at least 4 members (excludes halogenated alkanes) is 1. The van der Waals surface area contributed by atoms with Crippen molar-refractivity contribution in [1.82, 2.24) is 10.2 Å². The van der Waals surface area contributed by atoms with Crippen LogP contribution >= 0.6 is 34.8 Å². The molecule has 0 aliphatic heterocycles. The molecule has 2 amide bonds. The van der Waals surface area contributed by atoms with Crippen molar-refractivity contribution in [3.05, 3.63) is 92.9 Å². The zero-order valence-electron chi connectivity index (χ0n) is 23.2. The number of halogens is 3. The second kappa shape index (κ2) is 14.9. The van der Waals surface area contributed by atoms with E-state index in [2.05, 4.69) is 5.32 Å². The zero-order valence-corrected chi connectivity index (χ0v) is 26.3. The Hall–Kier alpha value is -2.78. The molecule has 1 atom stereocenters. The molecule has 0 saturated heterocycles. The van der Waals surface area contributed by atoms with Crippen LogP contribution in [0.2, 0.25) is 15.1 Å². The first-order chi connectivity index (χ1) is 19.5. The molecule has 0 unspecified atom stereocenters. The number of hydrogen-bond acceptors (Lipinski definition) is 4. The van der Waals surface area contributed by atoms with Gasteiger partial charge >= 0.3 is 0 Å². The fraction of sp³-hybridized carbons (Fsp3) is 0.333. The van der Waals surface area contributed by atoms with Crippen LogP contribution in [0.15, 0.2) is 71.6 Å². The Balaban J connectivity index is 2.08. The molecule has 0 saturated carbocycles. The minimum absolute atomic E-state index is 0.00555. The van der Waals surface area contributed by atoms with Gasteiger partial charge < -0.3 is 10.2 Å². The van der Waals surface area contributed by atoms with E-state index in [4.69, 9.17) is 34.8 Å². The van der Waals surface area contributed by atoms with E-state index in [1.807, 2.05) is 13.8 Å². The van der Waals surface area contributed by atoms with Gasteiger partial charge in [-0.2, -0.15) is 0 Å². The number of carbonyl (C=O) groups excluding carboxylic acids is 2. The first kappa shape index (κ1) is 32.7. The maximum Gasteiger partial charge on any atom is 0.264 e. The number of sulfonamides is 1. The van der Waals surface area contributed by atoms with Crippen LogP contribution in [0, 0.1) is 6.92 Å². The molecule has 0 aromatic heterocycles.